The summed E-state index contributed by atoms with van der Waals surface area (Å²) in [7, 11) is -4.04. The van der Waals surface area contributed by atoms with E-state index < -0.39 is 24.9 Å². The van der Waals surface area contributed by atoms with Crippen molar-refractivity contribution in [2.24, 2.45) is 10.9 Å². The van der Waals surface area contributed by atoms with Crippen LogP contribution in [0.2, 0.25) is 0 Å². The van der Waals surface area contributed by atoms with Crippen LogP contribution in [0, 0.1) is 0 Å². The Morgan fingerprint density at radius 1 is 1.14 bits per heavy atom. The molecule has 0 heterocycles. The summed E-state index contributed by atoms with van der Waals surface area (Å²) in [6.07, 6.45) is 0. The largest absolute Gasteiger partial charge is 0.388 e. The van der Waals surface area contributed by atoms with Gasteiger partial charge in [-0.3, -0.25) is 9.36 Å². The number of nitrogens with two attached hydrogens (primary N) is 1. The van der Waals surface area contributed by atoms with E-state index in [1.54, 1.807) is 32.0 Å². The first-order valence-corrected chi connectivity index (χ1v) is 8.02. The Hall–Kier alpha value is -2.02. The maximum Gasteiger partial charge on any atom is 0.388 e. The summed E-state index contributed by atoms with van der Waals surface area (Å²) in [5.74, 6) is -2.00. The van der Waals surface area contributed by atoms with Crippen molar-refractivity contribution < 1.29 is 28.0 Å². The zero-order valence-electron chi connectivity index (χ0n) is 12.2. The highest BCUT2D eigenvalue weighted by Gasteiger charge is 2.37. The second-order valence-electron chi connectivity index (χ2n) is 3.86. The molecular formula is C13H17N2O6P. The molecule has 2 N–H and O–H groups in total. The van der Waals surface area contributed by atoms with Crippen LogP contribution in [0.15, 0.2) is 35.5 Å². The van der Waals surface area contributed by atoms with Gasteiger partial charge in [0.15, 0.2) is 0 Å². The van der Waals surface area contributed by atoms with Gasteiger partial charge in [-0.2, -0.15) is 0 Å². The summed E-state index contributed by atoms with van der Waals surface area (Å²) in [5, 5.41) is 3.29. The number of hydrogen-bond acceptors (Lipinski definition) is 7. The standard InChI is InChI=1S/C13H17N2O6P/c1-3-19-22(18,20-4-2)12(11(14)16)15-21-13(17)10-8-6-5-7-9-10/h5-9H,3-4H2,1-2H3,(H2,14,16). The van der Waals surface area contributed by atoms with E-state index in [0.29, 0.717) is 0 Å². The third-order valence-electron chi connectivity index (χ3n) is 2.30. The molecule has 0 aromatic heterocycles. The highest BCUT2D eigenvalue weighted by Crippen LogP contribution is 2.49. The lowest BCUT2D eigenvalue weighted by molar-refractivity contribution is -0.111. The number of nitrogens with zero attached hydrogens (tertiary/aromatic N) is 1. The van der Waals surface area contributed by atoms with Gasteiger partial charge < -0.3 is 19.6 Å². The second-order valence-corrected chi connectivity index (χ2v) is 5.79. The highest BCUT2D eigenvalue weighted by atomic mass is 31.2. The van der Waals surface area contributed by atoms with E-state index >= 15 is 0 Å². The van der Waals surface area contributed by atoms with Gasteiger partial charge in [0.05, 0.1) is 18.8 Å². The van der Waals surface area contributed by atoms with Crippen LogP contribution < -0.4 is 5.73 Å². The lowest BCUT2D eigenvalue weighted by Crippen LogP contribution is -2.26. The highest BCUT2D eigenvalue weighted by molar-refractivity contribution is 7.75. The van der Waals surface area contributed by atoms with Crippen LogP contribution in [-0.2, 0) is 23.2 Å². The van der Waals surface area contributed by atoms with E-state index in [-0.39, 0.29) is 18.8 Å². The molecule has 1 amide bonds. The molecular weight excluding hydrogens is 311 g/mol. The van der Waals surface area contributed by atoms with Gasteiger partial charge in [-0.15, -0.1) is 0 Å². The Morgan fingerprint density at radius 3 is 2.14 bits per heavy atom. The predicted molar refractivity (Wildman–Crippen MR) is 79.3 cm³/mol. The Morgan fingerprint density at radius 2 is 1.68 bits per heavy atom. The Bertz CT molecular complexity index is 592. The SMILES string of the molecule is CCOP(=O)(OCC)C(=NOC(=O)c1ccccc1)C(N)=O. The zero-order chi connectivity index (χ0) is 16.6. The third kappa shape index (κ3) is 4.77. The van der Waals surface area contributed by atoms with Crippen molar-refractivity contribution in [3.63, 3.8) is 0 Å². The van der Waals surface area contributed by atoms with Gasteiger partial charge in [0.1, 0.15) is 0 Å². The van der Waals surface area contributed by atoms with Crippen molar-refractivity contribution in [1.82, 2.24) is 0 Å². The molecule has 0 spiro atoms. The van der Waals surface area contributed by atoms with Gasteiger partial charge in [0.2, 0.25) is 0 Å². The van der Waals surface area contributed by atoms with Crippen LogP contribution in [0.4, 0.5) is 0 Å². The van der Waals surface area contributed by atoms with Crippen LogP contribution in [0.3, 0.4) is 0 Å². The van der Waals surface area contributed by atoms with Crippen LogP contribution in [0.25, 0.3) is 0 Å². The monoisotopic (exact) mass is 328 g/mol. The summed E-state index contributed by atoms with van der Waals surface area (Å²) < 4.78 is 22.3. The van der Waals surface area contributed by atoms with Crippen molar-refractivity contribution in [1.29, 1.82) is 0 Å². The van der Waals surface area contributed by atoms with E-state index in [9.17, 15) is 14.2 Å². The average Bonchev–Trinajstić information content (AvgIpc) is 2.48. The van der Waals surface area contributed by atoms with Crippen molar-refractivity contribution >= 4 is 24.9 Å². The molecule has 0 bridgehead atoms. The number of carbonyl (C=O) groups excluding carboxylic acids is 2. The van der Waals surface area contributed by atoms with Gasteiger partial charge in [0.25, 0.3) is 11.4 Å². The van der Waals surface area contributed by atoms with E-state index in [1.165, 1.54) is 12.1 Å². The van der Waals surface area contributed by atoms with E-state index in [1.807, 2.05) is 0 Å². The number of rotatable bonds is 8. The fraction of sp³-hybridized carbons (Fsp3) is 0.308. The molecule has 120 valence electrons. The van der Waals surface area contributed by atoms with E-state index in [4.69, 9.17) is 14.8 Å². The molecule has 0 radical (unpaired) electrons. The van der Waals surface area contributed by atoms with Gasteiger partial charge in [-0.1, -0.05) is 23.4 Å². The molecule has 22 heavy (non-hydrogen) atoms. The minimum atomic E-state index is -4.04. The normalized spacial score (nSPS) is 12.0. The molecule has 0 fully saturated rings. The van der Waals surface area contributed by atoms with Crippen LogP contribution >= 0.6 is 7.60 Å². The molecule has 0 saturated heterocycles. The lowest BCUT2D eigenvalue weighted by atomic mass is 10.2. The molecule has 1 aromatic carbocycles. The molecule has 0 aliphatic carbocycles. The minimum absolute atomic E-state index is 0.00376. The number of hydrogen-bond donors (Lipinski definition) is 1. The van der Waals surface area contributed by atoms with Crippen LogP contribution in [0.5, 0.6) is 0 Å². The van der Waals surface area contributed by atoms with Crippen molar-refractivity contribution in [3.8, 4) is 0 Å². The van der Waals surface area contributed by atoms with Gasteiger partial charge in [-0.05, 0) is 26.0 Å². The molecule has 0 atom stereocenters. The fourth-order valence-corrected chi connectivity index (χ4v) is 2.85. The average molecular weight is 328 g/mol. The molecule has 1 aromatic rings. The van der Waals surface area contributed by atoms with Gasteiger partial charge in [-0.25, -0.2) is 4.79 Å². The first-order chi connectivity index (χ1) is 10.4. The summed E-state index contributed by atoms with van der Waals surface area (Å²) in [5.41, 5.74) is 4.56. The Kier molecular flexibility index (Phi) is 6.91. The van der Waals surface area contributed by atoms with Crippen LogP contribution in [-0.4, -0.2) is 30.5 Å². The van der Waals surface area contributed by atoms with Gasteiger partial charge in [0, 0.05) is 0 Å². The van der Waals surface area contributed by atoms with Crippen molar-refractivity contribution in [2.75, 3.05) is 13.2 Å². The molecule has 1 rings (SSSR count). The molecule has 0 aliphatic rings. The first kappa shape index (κ1) is 18.0. The van der Waals surface area contributed by atoms with Crippen LogP contribution in [0.1, 0.15) is 24.2 Å². The topological polar surface area (TPSA) is 117 Å². The summed E-state index contributed by atoms with van der Waals surface area (Å²) >= 11 is 0. The number of primary amides is 1. The number of amides is 1. The van der Waals surface area contributed by atoms with E-state index in [2.05, 4.69) is 9.99 Å². The smallest absolute Gasteiger partial charge is 0.364 e. The van der Waals surface area contributed by atoms with Crippen molar-refractivity contribution in [2.45, 2.75) is 13.8 Å². The predicted octanol–water partition coefficient (Wildman–Crippen LogP) is 1.91. The Balaban J connectivity index is 3.02. The molecule has 0 aliphatic heterocycles. The minimum Gasteiger partial charge on any atom is -0.364 e. The second kappa shape index (κ2) is 8.43. The fourth-order valence-electron chi connectivity index (χ4n) is 1.44. The maximum absolute atomic E-state index is 12.4. The number of oxime groups is 1. The first-order valence-electron chi connectivity index (χ1n) is 6.48. The van der Waals surface area contributed by atoms with Crippen molar-refractivity contribution in [3.05, 3.63) is 35.9 Å². The molecule has 0 unspecified atom stereocenters. The number of benzene rings is 1. The molecule has 9 heteroatoms. The quantitative estimate of drug-likeness (QED) is 0.337. The number of carbonyl (C=O) groups is 2. The maximum atomic E-state index is 12.4. The summed E-state index contributed by atoms with van der Waals surface area (Å²) in [6, 6.07) is 7.95. The Labute approximate surface area is 127 Å². The summed E-state index contributed by atoms with van der Waals surface area (Å²) in [6.45, 7) is 3.10. The third-order valence-corrected chi connectivity index (χ3v) is 4.32. The molecule has 0 saturated carbocycles. The summed E-state index contributed by atoms with van der Waals surface area (Å²) in [4.78, 5) is 27.8. The van der Waals surface area contributed by atoms with E-state index in [0.717, 1.165) is 0 Å². The lowest BCUT2D eigenvalue weighted by Gasteiger charge is -2.16. The molecule has 8 nitrogen and oxygen atoms in total. The zero-order valence-corrected chi connectivity index (χ0v) is 13.1. The van der Waals surface area contributed by atoms with Gasteiger partial charge >= 0.3 is 13.6 Å².